The fraction of sp³-hybridized carbons (Fsp3) is 0.929. The molecular weight excluding hydrogens is 228 g/mol. The van der Waals surface area contributed by atoms with Crippen LogP contribution >= 0.6 is 0 Å². The van der Waals surface area contributed by atoms with Gasteiger partial charge in [0.05, 0.1) is 6.10 Å². The second kappa shape index (κ2) is 6.53. The van der Waals surface area contributed by atoms with Crippen LogP contribution in [-0.4, -0.2) is 43.2 Å². The lowest BCUT2D eigenvalue weighted by molar-refractivity contribution is -0.136. The van der Waals surface area contributed by atoms with E-state index in [0.717, 1.165) is 51.6 Å². The van der Waals surface area contributed by atoms with Crippen LogP contribution in [0.2, 0.25) is 0 Å². The molecule has 4 nitrogen and oxygen atoms in total. The maximum atomic E-state index is 12.2. The van der Waals surface area contributed by atoms with Crippen molar-refractivity contribution in [3.63, 3.8) is 0 Å². The van der Waals surface area contributed by atoms with E-state index in [1.807, 2.05) is 4.90 Å². The van der Waals surface area contributed by atoms with Gasteiger partial charge in [-0.1, -0.05) is 0 Å². The van der Waals surface area contributed by atoms with E-state index in [1.165, 1.54) is 0 Å². The molecule has 0 spiro atoms. The van der Waals surface area contributed by atoms with Gasteiger partial charge < -0.3 is 15.4 Å². The van der Waals surface area contributed by atoms with Gasteiger partial charge in [0.1, 0.15) is 0 Å². The van der Waals surface area contributed by atoms with Crippen molar-refractivity contribution in [2.45, 2.75) is 57.1 Å². The number of hydrogen-bond donors (Lipinski definition) is 1. The SMILES string of the molecule is COC1CCCN(C(=O)CC2CCC(N)CC2)C1. The topological polar surface area (TPSA) is 55.6 Å². The number of methoxy groups -OCH3 is 1. The number of carbonyl (C=O) groups excluding carboxylic acids is 1. The van der Waals surface area contributed by atoms with Crippen molar-refractivity contribution < 1.29 is 9.53 Å². The van der Waals surface area contributed by atoms with Crippen LogP contribution in [0.4, 0.5) is 0 Å². The van der Waals surface area contributed by atoms with E-state index < -0.39 is 0 Å². The Hall–Kier alpha value is -0.610. The first-order chi connectivity index (χ1) is 8.69. The minimum absolute atomic E-state index is 0.238. The number of carbonyl (C=O) groups is 1. The van der Waals surface area contributed by atoms with E-state index >= 15 is 0 Å². The second-order valence-electron chi connectivity index (χ2n) is 5.82. The quantitative estimate of drug-likeness (QED) is 0.831. The average molecular weight is 254 g/mol. The first-order valence-electron chi connectivity index (χ1n) is 7.25. The van der Waals surface area contributed by atoms with Crippen LogP contribution in [0.15, 0.2) is 0 Å². The zero-order valence-corrected chi connectivity index (χ0v) is 11.4. The predicted octanol–water partition coefficient (Wildman–Crippen LogP) is 1.53. The predicted molar refractivity (Wildman–Crippen MR) is 71.2 cm³/mol. The molecular formula is C14H26N2O2. The number of amides is 1. The fourth-order valence-electron chi connectivity index (χ4n) is 3.13. The van der Waals surface area contributed by atoms with Crippen molar-refractivity contribution in [1.29, 1.82) is 0 Å². The Bertz CT molecular complexity index is 275. The molecule has 1 saturated heterocycles. The molecule has 4 heteroatoms. The largest absolute Gasteiger partial charge is 0.380 e. The third-order valence-electron chi connectivity index (χ3n) is 4.42. The maximum Gasteiger partial charge on any atom is 0.222 e. The highest BCUT2D eigenvalue weighted by Crippen LogP contribution is 2.27. The molecule has 1 amide bonds. The van der Waals surface area contributed by atoms with Gasteiger partial charge in [-0.05, 0) is 44.4 Å². The van der Waals surface area contributed by atoms with Crippen LogP contribution in [0.5, 0.6) is 0 Å². The zero-order chi connectivity index (χ0) is 13.0. The molecule has 2 fully saturated rings. The van der Waals surface area contributed by atoms with Gasteiger partial charge in [-0.15, -0.1) is 0 Å². The average Bonchev–Trinajstić information content (AvgIpc) is 2.41. The van der Waals surface area contributed by atoms with E-state index in [9.17, 15) is 4.79 Å². The Morgan fingerprint density at radius 2 is 2.00 bits per heavy atom. The van der Waals surface area contributed by atoms with Crippen molar-refractivity contribution in [3.8, 4) is 0 Å². The molecule has 1 heterocycles. The molecule has 2 N–H and O–H groups in total. The molecule has 0 radical (unpaired) electrons. The normalized spacial score (nSPS) is 33.4. The smallest absolute Gasteiger partial charge is 0.222 e. The van der Waals surface area contributed by atoms with Crippen molar-refractivity contribution in [1.82, 2.24) is 4.90 Å². The molecule has 0 aromatic carbocycles. The summed E-state index contributed by atoms with van der Waals surface area (Å²) in [7, 11) is 1.74. The number of rotatable bonds is 3. The number of hydrogen-bond acceptors (Lipinski definition) is 3. The lowest BCUT2D eigenvalue weighted by Gasteiger charge is -2.34. The van der Waals surface area contributed by atoms with E-state index in [-0.39, 0.29) is 6.10 Å². The van der Waals surface area contributed by atoms with E-state index in [4.69, 9.17) is 10.5 Å². The minimum Gasteiger partial charge on any atom is -0.380 e. The van der Waals surface area contributed by atoms with Crippen LogP contribution in [-0.2, 0) is 9.53 Å². The van der Waals surface area contributed by atoms with Gasteiger partial charge in [0, 0.05) is 32.7 Å². The van der Waals surface area contributed by atoms with Crippen molar-refractivity contribution in [2.24, 2.45) is 11.7 Å². The van der Waals surface area contributed by atoms with Gasteiger partial charge in [-0.3, -0.25) is 4.79 Å². The van der Waals surface area contributed by atoms with Gasteiger partial charge in [-0.25, -0.2) is 0 Å². The van der Waals surface area contributed by atoms with Crippen LogP contribution in [0.3, 0.4) is 0 Å². The zero-order valence-electron chi connectivity index (χ0n) is 11.4. The van der Waals surface area contributed by atoms with Crippen LogP contribution in [0.25, 0.3) is 0 Å². The molecule has 0 aromatic rings. The van der Waals surface area contributed by atoms with E-state index in [1.54, 1.807) is 7.11 Å². The summed E-state index contributed by atoms with van der Waals surface area (Å²) in [5, 5.41) is 0. The summed E-state index contributed by atoms with van der Waals surface area (Å²) in [4.78, 5) is 14.2. The van der Waals surface area contributed by atoms with Gasteiger partial charge in [0.25, 0.3) is 0 Å². The molecule has 0 bridgehead atoms. The molecule has 1 saturated carbocycles. The molecule has 1 atom stereocenters. The van der Waals surface area contributed by atoms with Crippen LogP contribution in [0, 0.1) is 5.92 Å². The van der Waals surface area contributed by atoms with Crippen molar-refractivity contribution in [2.75, 3.05) is 20.2 Å². The summed E-state index contributed by atoms with van der Waals surface area (Å²) >= 11 is 0. The highest BCUT2D eigenvalue weighted by atomic mass is 16.5. The number of ether oxygens (including phenoxy) is 1. The Balaban J connectivity index is 1.77. The number of nitrogens with two attached hydrogens (primary N) is 1. The summed E-state index contributed by atoms with van der Waals surface area (Å²) in [6.07, 6.45) is 7.50. The second-order valence-corrected chi connectivity index (χ2v) is 5.82. The van der Waals surface area contributed by atoms with E-state index in [0.29, 0.717) is 24.3 Å². The van der Waals surface area contributed by atoms with Gasteiger partial charge in [0.2, 0.25) is 5.91 Å². The van der Waals surface area contributed by atoms with Crippen LogP contribution < -0.4 is 5.73 Å². The standard InChI is InChI=1S/C14H26N2O2/c1-18-13-3-2-8-16(10-13)14(17)9-11-4-6-12(15)7-5-11/h11-13H,2-10,15H2,1H3. The monoisotopic (exact) mass is 254 g/mol. The molecule has 18 heavy (non-hydrogen) atoms. The van der Waals surface area contributed by atoms with Gasteiger partial charge >= 0.3 is 0 Å². The number of likely N-dealkylation sites (tertiary alicyclic amines) is 1. The summed E-state index contributed by atoms with van der Waals surface area (Å²) in [6.45, 7) is 1.69. The molecule has 2 aliphatic rings. The molecule has 104 valence electrons. The Morgan fingerprint density at radius 3 is 2.67 bits per heavy atom. The molecule has 0 aromatic heterocycles. The fourth-order valence-corrected chi connectivity index (χ4v) is 3.13. The van der Waals surface area contributed by atoms with Crippen LogP contribution in [0.1, 0.15) is 44.9 Å². The summed E-state index contributed by atoms with van der Waals surface area (Å²) in [5.74, 6) is 0.873. The first-order valence-corrected chi connectivity index (χ1v) is 7.25. The highest BCUT2D eigenvalue weighted by molar-refractivity contribution is 5.76. The Morgan fingerprint density at radius 1 is 1.28 bits per heavy atom. The summed E-state index contributed by atoms with van der Waals surface area (Å²) in [5.41, 5.74) is 5.89. The minimum atomic E-state index is 0.238. The van der Waals surface area contributed by atoms with E-state index in [2.05, 4.69) is 0 Å². The molecule has 1 unspecified atom stereocenters. The summed E-state index contributed by atoms with van der Waals surface area (Å²) in [6, 6.07) is 0.365. The molecule has 2 rings (SSSR count). The summed E-state index contributed by atoms with van der Waals surface area (Å²) < 4.78 is 5.37. The third-order valence-corrected chi connectivity index (χ3v) is 4.42. The third kappa shape index (κ3) is 3.69. The van der Waals surface area contributed by atoms with Gasteiger partial charge in [0.15, 0.2) is 0 Å². The molecule has 1 aliphatic heterocycles. The van der Waals surface area contributed by atoms with Gasteiger partial charge in [-0.2, -0.15) is 0 Å². The Labute approximate surface area is 110 Å². The molecule has 1 aliphatic carbocycles. The maximum absolute atomic E-state index is 12.2. The Kier molecular flexibility index (Phi) is 5.01. The van der Waals surface area contributed by atoms with Crippen molar-refractivity contribution in [3.05, 3.63) is 0 Å². The lowest BCUT2D eigenvalue weighted by atomic mass is 9.84. The number of nitrogens with zero attached hydrogens (tertiary/aromatic N) is 1. The first kappa shape index (κ1) is 13.8. The number of piperidine rings is 1. The van der Waals surface area contributed by atoms with Crippen molar-refractivity contribution >= 4 is 5.91 Å². The lowest BCUT2D eigenvalue weighted by Crippen LogP contribution is -2.43. The highest BCUT2D eigenvalue weighted by Gasteiger charge is 2.27.